The van der Waals surface area contributed by atoms with Crippen LogP contribution in [0.3, 0.4) is 0 Å². The minimum Gasteiger partial charge on any atom is -0.380 e. The van der Waals surface area contributed by atoms with Crippen molar-refractivity contribution in [2.75, 3.05) is 19.1 Å². The second-order valence-corrected chi connectivity index (χ2v) is 3.29. The summed E-state index contributed by atoms with van der Waals surface area (Å²) in [7, 11) is 0. The normalized spacial score (nSPS) is 20.1. The summed E-state index contributed by atoms with van der Waals surface area (Å²) in [6, 6.07) is 0. The first-order chi connectivity index (χ1) is 4.93. The van der Waals surface area contributed by atoms with Crippen molar-refractivity contribution in [1.82, 2.24) is 0 Å². The van der Waals surface area contributed by atoms with Gasteiger partial charge in [-0.1, -0.05) is 12.8 Å². The lowest BCUT2D eigenvalue weighted by Gasteiger charge is -2.07. The lowest BCUT2D eigenvalue weighted by Crippen LogP contribution is -2.06. The first-order valence-corrected chi connectivity index (χ1v) is 4.60. The maximum atomic E-state index is 5.46. The van der Waals surface area contributed by atoms with E-state index in [1.807, 2.05) is 0 Å². The molecule has 0 N–H and O–H groups in total. The highest BCUT2D eigenvalue weighted by molar-refractivity contribution is 6.17. The number of ether oxygens (including phenoxy) is 1. The van der Waals surface area contributed by atoms with Crippen LogP contribution in [-0.2, 0) is 4.74 Å². The quantitative estimate of drug-likeness (QED) is 0.456. The average molecular weight is 163 g/mol. The van der Waals surface area contributed by atoms with Gasteiger partial charge in [-0.15, -0.1) is 11.6 Å². The van der Waals surface area contributed by atoms with Gasteiger partial charge < -0.3 is 4.74 Å². The Balaban J connectivity index is 1.91. The molecule has 0 bridgehead atoms. The van der Waals surface area contributed by atoms with Crippen LogP contribution in [-0.4, -0.2) is 19.1 Å². The van der Waals surface area contributed by atoms with Crippen LogP contribution in [0.4, 0.5) is 0 Å². The fraction of sp³-hybridized carbons (Fsp3) is 1.00. The third-order valence-electron chi connectivity index (χ3n) is 2.05. The van der Waals surface area contributed by atoms with Gasteiger partial charge in [0, 0.05) is 12.5 Å². The van der Waals surface area contributed by atoms with Crippen molar-refractivity contribution in [3.8, 4) is 0 Å². The molecule has 0 aliphatic heterocycles. The summed E-state index contributed by atoms with van der Waals surface area (Å²) in [4.78, 5) is 0. The molecule has 0 saturated heterocycles. The van der Waals surface area contributed by atoms with Crippen molar-refractivity contribution < 1.29 is 4.74 Å². The molecule has 0 radical (unpaired) electrons. The van der Waals surface area contributed by atoms with Gasteiger partial charge in [0.2, 0.25) is 0 Å². The van der Waals surface area contributed by atoms with Gasteiger partial charge in [0.05, 0.1) is 6.61 Å². The van der Waals surface area contributed by atoms with Crippen LogP contribution < -0.4 is 0 Å². The summed E-state index contributed by atoms with van der Waals surface area (Å²) in [5.41, 5.74) is 0. The Morgan fingerprint density at radius 1 is 1.30 bits per heavy atom. The average Bonchev–Trinajstić information content (AvgIpc) is 2.41. The van der Waals surface area contributed by atoms with E-state index in [-0.39, 0.29) is 0 Å². The molecule has 0 heterocycles. The molecule has 1 saturated carbocycles. The fourth-order valence-electron chi connectivity index (χ4n) is 1.48. The molecule has 0 aromatic carbocycles. The largest absolute Gasteiger partial charge is 0.380 e. The van der Waals surface area contributed by atoms with Crippen LogP contribution in [0.2, 0.25) is 0 Å². The summed E-state index contributed by atoms with van der Waals surface area (Å²) in [6.07, 6.45) is 5.52. The van der Waals surface area contributed by atoms with Crippen molar-refractivity contribution in [1.29, 1.82) is 0 Å². The summed E-state index contributed by atoms with van der Waals surface area (Å²) in [5, 5.41) is 0. The minimum absolute atomic E-state index is 0.632. The molecule has 0 unspecified atom stereocenters. The fourth-order valence-corrected chi connectivity index (χ4v) is 1.59. The molecule has 0 atom stereocenters. The van der Waals surface area contributed by atoms with Gasteiger partial charge >= 0.3 is 0 Å². The first kappa shape index (κ1) is 8.35. The predicted octanol–water partition coefficient (Wildman–Crippen LogP) is 2.43. The van der Waals surface area contributed by atoms with Crippen LogP contribution in [0.5, 0.6) is 0 Å². The zero-order valence-corrected chi connectivity index (χ0v) is 7.07. The molecule has 1 aliphatic carbocycles. The molecule has 1 nitrogen and oxygen atoms in total. The van der Waals surface area contributed by atoms with E-state index in [2.05, 4.69) is 0 Å². The van der Waals surface area contributed by atoms with E-state index >= 15 is 0 Å². The van der Waals surface area contributed by atoms with E-state index in [1.54, 1.807) is 0 Å². The van der Waals surface area contributed by atoms with E-state index < -0.39 is 0 Å². The third-order valence-corrected chi connectivity index (χ3v) is 2.20. The molecule has 1 rings (SSSR count). The lowest BCUT2D eigenvalue weighted by molar-refractivity contribution is 0.114. The maximum Gasteiger partial charge on any atom is 0.0601 e. The lowest BCUT2D eigenvalue weighted by atomic mass is 10.1. The Morgan fingerprint density at radius 2 is 2.00 bits per heavy atom. The molecule has 2 heteroatoms. The number of alkyl halides is 1. The van der Waals surface area contributed by atoms with Crippen LogP contribution in [0.25, 0.3) is 0 Å². The monoisotopic (exact) mass is 162 g/mol. The van der Waals surface area contributed by atoms with Gasteiger partial charge in [-0.2, -0.15) is 0 Å². The van der Waals surface area contributed by atoms with Gasteiger partial charge in [-0.05, 0) is 18.8 Å². The van der Waals surface area contributed by atoms with E-state index in [0.29, 0.717) is 5.88 Å². The van der Waals surface area contributed by atoms with Gasteiger partial charge in [0.1, 0.15) is 0 Å². The number of hydrogen-bond donors (Lipinski definition) is 0. The van der Waals surface area contributed by atoms with Crippen LogP contribution in [0.15, 0.2) is 0 Å². The molecular formula is C8H15ClO. The van der Waals surface area contributed by atoms with E-state index in [4.69, 9.17) is 16.3 Å². The van der Waals surface area contributed by atoms with Crippen LogP contribution in [0.1, 0.15) is 25.7 Å². The smallest absolute Gasteiger partial charge is 0.0601 e. The predicted molar refractivity (Wildman–Crippen MR) is 43.5 cm³/mol. The zero-order chi connectivity index (χ0) is 7.23. The summed E-state index contributed by atoms with van der Waals surface area (Å²) in [5.74, 6) is 1.47. The summed E-state index contributed by atoms with van der Waals surface area (Å²) in [6.45, 7) is 1.66. The Bertz CT molecular complexity index is 79.3. The molecule has 1 aliphatic rings. The van der Waals surface area contributed by atoms with Gasteiger partial charge in [0.25, 0.3) is 0 Å². The van der Waals surface area contributed by atoms with Gasteiger partial charge in [-0.25, -0.2) is 0 Å². The zero-order valence-electron chi connectivity index (χ0n) is 6.31. The Labute approximate surface area is 67.7 Å². The maximum absolute atomic E-state index is 5.46. The topological polar surface area (TPSA) is 9.23 Å². The molecule has 0 aromatic rings. The minimum atomic E-state index is 0.632. The van der Waals surface area contributed by atoms with E-state index in [0.717, 1.165) is 19.1 Å². The molecule has 60 valence electrons. The first-order valence-electron chi connectivity index (χ1n) is 4.07. The van der Waals surface area contributed by atoms with Crippen molar-refractivity contribution in [2.45, 2.75) is 25.7 Å². The standard InChI is InChI=1S/C8H15ClO/c9-5-6-10-7-8-3-1-2-4-8/h8H,1-7H2. The molecule has 0 amide bonds. The van der Waals surface area contributed by atoms with Gasteiger partial charge in [-0.3, -0.25) is 0 Å². The van der Waals surface area contributed by atoms with Gasteiger partial charge in [0.15, 0.2) is 0 Å². The Kier molecular flexibility index (Phi) is 4.15. The summed E-state index contributed by atoms with van der Waals surface area (Å²) >= 11 is 5.46. The SMILES string of the molecule is ClCCOCC1CCCC1. The summed E-state index contributed by atoms with van der Waals surface area (Å²) < 4.78 is 5.33. The van der Waals surface area contributed by atoms with Crippen molar-refractivity contribution in [3.63, 3.8) is 0 Å². The molecular weight excluding hydrogens is 148 g/mol. The highest BCUT2D eigenvalue weighted by Gasteiger charge is 2.14. The van der Waals surface area contributed by atoms with Crippen LogP contribution in [0, 0.1) is 5.92 Å². The third kappa shape index (κ3) is 2.89. The molecule has 0 spiro atoms. The second-order valence-electron chi connectivity index (χ2n) is 2.91. The van der Waals surface area contributed by atoms with Crippen LogP contribution >= 0.6 is 11.6 Å². The van der Waals surface area contributed by atoms with Crippen molar-refractivity contribution in [2.24, 2.45) is 5.92 Å². The molecule has 10 heavy (non-hydrogen) atoms. The molecule has 0 aromatic heterocycles. The van der Waals surface area contributed by atoms with E-state index in [1.165, 1.54) is 25.7 Å². The Morgan fingerprint density at radius 3 is 2.60 bits per heavy atom. The highest BCUT2D eigenvalue weighted by Crippen LogP contribution is 2.24. The second kappa shape index (κ2) is 4.97. The number of rotatable bonds is 4. The highest BCUT2D eigenvalue weighted by atomic mass is 35.5. The van der Waals surface area contributed by atoms with Crippen molar-refractivity contribution >= 4 is 11.6 Å². The van der Waals surface area contributed by atoms with Crippen molar-refractivity contribution in [3.05, 3.63) is 0 Å². The number of halogens is 1. The van der Waals surface area contributed by atoms with E-state index in [9.17, 15) is 0 Å². The number of hydrogen-bond acceptors (Lipinski definition) is 1. The Hall–Kier alpha value is 0.250. The molecule has 1 fully saturated rings.